The molecule has 0 aliphatic carbocycles. The smallest absolute Gasteiger partial charge is 0.329 e. The summed E-state index contributed by atoms with van der Waals surface area (Å²) in [5.41, 5.74) is 4.25. The predicted molar refractivity (Wildman–Crippen MR) is 129 cm³/mol. The molecule has 0 aliphatic rings. The van der Waals surface area contributed by atoms with Crippen LogP contribution >= 0.6 is 23.2 Å². The number of benzene rings is 3. The Balaban J connectivity index is 1.58. The number of hydrogen-bond acceptors (Lipinski definition) is 5. The molecule has 0 bridgehead atoms. The molecule has 0 fully saturated rings. The summed E-state index contributed by atoms with van der Waals surface area (Å²) >= 11 is 11.7. The van der Waals surface area contributed by atoms with Gasteiger partial charge < -0.3 is 14.8 Å². The highest BCUT2D eigenvalue weighted by atomic mass is 35.5. The second-order valence-electron chi connectivity index (χ2n) is 6.71. The molecular weight excluding hydrogens is 465 g/mol. The lowest BCUT2D eigenvalue weighted by Gasteiger charge is -2.12. The molecule has 0 saturated carbocycles. The molecule has 0 aromatic heterocycles. The Kier molecular flexibility index (Phi) is 8.69. The van der Waals surface area contributed by atoms with Gasteiger partial charge in [-0.3, -0.25) is 9.59 Å². The van der Waals surface area contributed by atoms with Crippen molar-refractivity contribution in [1.82, 2.24) is 5.43 Å². The number of carbonyl (C=O) groups is 2. The lowest BCUT2D eigenvalue weighted by Crippen LogP contribution is -2.32. The first-order chi connectivity index (χ1) is 15.9. The minimum atomic E-state index is -0.908. The van der Waals surface area contributed by atoms with Gasteiger partial charge in [-0.2, -0.15) is 5.10 Å². The van der Waals surface area contributed by atoms with Crippen molar-refractivity contribution in [2.24, 2.45) is 5.10 Å². The van der Waals surface area contributed by atoms with E-state index >= 15 is 0 Å². The molecule has 7 nitrogen and oxygen atoms in total. The summed E-state index contributed by atoms with van der Waals surface area (Å²) in [5, 5.41) is 7.47. The van der Waals surface area contributed by atoms with Crippen LogP contribution in [-0.2, 0) is 16.2 Å². The number of hydrogen-bond donors (Lipinski definition) is 2. The van der Waals surface area contributed by atoms with E-state index in [0.29, 0.717) is 46.0 Å². The number of hydrazone groups is 1. The fourth-order valence-electron chi connectivity index (χ4n) is 2.67. The van der Waals surface area contributed by atoms with Gasteiger partial charge in [0.1, 0.15) is 6.61 Å². The maximum atomic E-state index is 12.0. The number of nitrogens with one attached hydrogen (secondary N) is 2. The first kappa shape index (κ1) is 24.1. The lowest BCUT2D eigenvalue weighted by molar-refractivity contribution is -0.136. The summed E-state index contributed by atoms with van der Waals surface area (Å²) in [6, 6.07) is 19.0. The fourth-order valence-corrected chi connectivity index (χ4v) is 2.92. The lowest BCUT2D eigenvalue weighted by atomic mass is 10.2. The van der Waals surface area contributed by atoms with Gasteiger partial charge in [-0.25, -0.2) is 5.43 Å². The highest BCUT2D eigenvalue weighted by Crippen LogP contribution is 2.29. The third-order valence-corrected chi connectivity index (χ3v) is 4.77. The molecule has 0 spiro atoms. The molecule has 2 N–H and O–H groups in total. The number of anilines is 1. The summed E-state index contributed by atoms with van der Waals surface area (Å²) in [5.74, 6) is -0.665. The second-order valence-corrected chi connectivity index (χ2v) is 7.59. The van der Waals surface area contributed by atoms with E-state index in [1.54, 1.807) is 54.6 Å². The molecule has 3 rings (SSSR count). The zero-order chi connectivity index (χ0) is 23.6. The first-order valence-electron chi connectivity index (χ1n) is 9.98. The van der Waals surface area contributed by atoms with E-state index in [1.807, 2.05) is 19.1 Å². The summed E-state index contributed by atoms with van der Waals surface area (Å²) in [4.78, 5) is 23.9. The van der Waals surface area contributed by atoms with Gasteiger partial charge in [0.15, 0.2) is 11.5 Å². The molecule has 0 radical (unpaired) electrons. The Morgan fingerprint density at radius 3 is 2.21 bits per heavy atom. The van der Waals surface area contributed by atoms with E-state index in [4.69, 9.17) is 32.7 Å². The molecule has 0 unspecified atom stereocenters. The van der Waals surface area contributed by atoms with Gasteiger partial charge in [0.05, 0.1) is 12.8 Å². The largest absolute Gasteiger partial charge is 0.490 e. The van der Waals surface area contributed by atoms with E-state index in [9.17, 15) is 9.59 Å². The normalized spacial score (nSPS) is 10.6. The predicted octanol–water partition coefficient (Wildman–Crippen LogP) is 5.06. The molecule has 170 valence electrons. The zero-order valence-electron chi connectivity index (χ0n) is 17.7. The first-order valence-corrected chi connectivity index (χ1v) is 10.7. The third-order valence-electron chi connectivity index (χ3n) is 4.26. The van der Waals surface area contributed by atoms with Crippen molar-refractivity contribution >= 4 is 46.9 Å². The second kappa shape index (κ2) is 11.9. The quantitative estimate of drug-likeness (QED) is 0.265. The molecule has 0 heterocycles. The van der Waals surface area contributed by atoms with Crippen LogP contribution in [0, 0.1) is 0 Å². The van der Waals surface area contributed by atoms with Crippen LogP contribution < -0.4 is 20.2 Å². The molecule has 2 amide bonds. The van der Waals surface area contributed by atoms with Crippen LogP contribution in [0.1, 0.15) is 18.1 Å². The van der Waals surface area contributed by atoms with Gasteiger partial charge in [-0.15, -0.1) is 0 Å². The van der Waals surface area contributed by atoms with Gasteiger partial charge in [0.25, 0.3) is 0 Å². The molecule has 0 saturated heterocycles. The van der Waals surface area contributed by atoms with Crippen molar-refractivity contribution < 1.29 is 19.1 Å². The highest BCUT2D eigenvalue weighted by molar-refractivity contribution is 6.39. The maximum absolute atomic E-state index is 12.0. The summed E-state index contributed by atoms with van der Waals surface area (Å²) in [6.07, 6.45) is 1.40. The van der Waals surface area contributed by atoms with Crippen molar-refractivity contribution in [2.75, 3.05) is 11.9 Å². The van der Waals surface area contributed by atoms with Gasteiger partial charge >= 0.3 is 11.8 Å². The number of carbonyl (C=O) groups excluding carboxylic acids is 2. The molecule has 33 heavy (non-hydrogen) atoms. The van der Waals surface area contributed by atoms with Crippen molar-refractivity contribution in [3.8, 4) is 11.5 Å². The highest BCUT2D eigenvalue weighted by Gasteiger charge is 2.13. The van der Waals surface area contributed by atoms with Crippen molar-refractivity contribution in [1.29, 1.82) is 0 Å². The summed E-state index contributed by atoms with van der Waals surface area (Å²) in [6.45, 7) is 2.66. The zero-order valence-corrected chi connectivity index (χ0v) is 19.2. The van der Waals surface area contributed by atoms with Crippen LogP contribution in [0.15, 0.2) is 71.8 Å². The Labute approximate surface area is 201 Å². The van der Waals surface area contributed by atoms with Crippen LogP contribution in [0.4, 0.5) is 5.69 Å². The van der Waals surface area contributed by atoms with E-state index in [-0.39, 0.29) is 0 Å². The van der Waals surface area contributed by atoms with Crippen molar-refractivity contribution in [3.05, 3.63) is 87.9 Å². The number of ether oxygens (including phenoxy) is 2. The fraction of sp³-hybridized carbons (Fsp3) is 0.125. The monoisotopic (exact) mass is 485 g/mol. The maximum Gasteiger partial charge on any atom is 0.329 e. The number of amides is 2. The Morgan fingerprint density at radius 2 is 1.55 bits per heavy atom. The number of halogens is 2. The average Bonchev–Trinajstić information content (AvgIpc) is 2.81. The molecule has 0 atom stereocenters. The summed E-state index contributed by atoms with van der Waals surface area (Å²) < 4.78 is 11.5. The molecule has 9 heteroatoms. The van der Waals surface area contributed by atoms with Gasteiger partial charge in [0, 0.05) is 15.7 Å². The molecule has 3 aromatic rings. The van der Waals surface area contributed by atoms with E-state index in [0.717, 1.165) is 5.56 Å². The van der Waals surface area contributed by atoms with E-state index < -0.39 is 11.8 Å². The van der Waals surface area contributed by atoms with Gasteiger partial charge in [-0.1, -0.05) is 35.3 Å². The summed E-state index contributed by atoms with van der Waals surface area (Å²) in [7, 11) is 0. The standard InChI is InChI=1S/C24H21Cl2N3O4/c1-2-32-22-13-17(5-12-21(22)33-15-16-3-6-18(25)7-4-16)14-27-29-24(31)23(30)28-20-10-8-19(26)9-11-20/h3-14H,2,15H2,1H3,(H,28,30)(H,29,31)/b27-14+. The number of rotatable bonds is 8. The van der Waals surface area contributed by atoms with Crippen LogP contribution in [-0.4, -0.2) is 24.6 Å². The van der Waals surface area contributed by atoms with Crippen LogP contribution in [0.5, 0.6) is 11.5 Å². The minimum Gasteiger partial charge on any atom is -0.490 e. The van der Waals surface area contributed by atoms with Crippen LogP contribution in [0.25, 0.3) is 0 Å². The van der Waals surface area contributed by atoms with Gasteiger partial charge in [0.2, 0.25) is 0 Å². The SMILES string of the molecule is CCOc1cc(/C=N/NC(=O)C(=O)Nc2ccc(Cl)cc2)ccc1OCc1ccc(Cl)cc1. The van der Waals surface area contributed by atoms with Crippen LogP contribution in [0.2, 0.25) is 10.0 Å². The van der Waals surface area contributed by atoms with Gasteiger partial charge in [-0.05, 0) is 72.6 Å². The van der Waals surface area contributed by atoms with Crippen LogP contribution in [0.3, 0.4) is 0 Å². The third kappa shape index (κ3) is 7.52. The molecule has 3 aromatic carbocycles. The van der Waals surface area contributed by atoms with E-state index in [1.165, 1.54) is 6.21 Å². The Bertz CT molecular complexity index is 1130. The minimum absolute atomic E-state index is 0.351. The number of nitrogens with zero attached hydrogens (tertiary/aromatic N) is 1. The molecular formula is C24H21Cl2N3O4. The topological polar surface area (TPSA) is 89.0 Å². The van der Waals surface area contributed by atoms with Crippen molar-refractivity contribution in [2.45, 2.75) is 13.5 Å². The Hall–Kier alpha value is -3.55. The van der Waals surface area contributed by atoms with E-state index in [2.05, 4.69) is 15.8 Å². The van der Waals surface area contributed by atoms with Crippen molar-refractivity contribution in [3.63, 3.8) is 0 Å². The Morgan fingerprint density at radius 1 is 0.879 bits per heavy atom. The average molecular weight is 486 g/mol. The molecule has 0 aliphatic heterocycles.